The van der Waals surface area contributed by atoms with Gasteiger partial charge in [0.05, 0.1) is 50.6 Å². The Balaban J connectivity index is 1.63. The summed E-state index contributed by atoms with van der Waals surface area (Å²) in [5, 5.41) is 15.0. The molecule has 2 heterocycles. The molecule has 0 aliphatic carbocycles. The Kier molecular flexibility index (Phi) is 8.87. The molecule has 0 atom stereocenters. The molecule has 0 saturated heterocycles. The van der Waals surface area contributed by atoms with Crippen molar-refractivity contribution in [1.82, 2.24) is 9.13 Å². The van der Waals surface area contributed by atoms with Gasteiger partial charge in [0.15, 0.2) is 0 Å². The summed E-state index contributed by atoms with van der Waals surface area (Å²) in [6.07, 6.45) is 0. The zero-order chi connectivity index (χ0) is 41.9. The fraction of sp³-hybridized carbons (Fsp3) is 0.302. The van der Waals surface area contributed by atoms with Gasteiger partial charge < -0.3 is 9.13 Å². The van der Waals surface area contributed by atoms with E-state index in [2.05, 4.69) is 171 Å². The molecule has 0 aliphatic rings. The second kappa shape index (κ2) is 13.1. The molecule has 0 N–H and O–H groups in total. The van der Waals surface area contributed by atoms with Crippen LogP contribution in [0.3, 0.4) is 0 Å². The van der Waals surface area contributed by atoms with Crippen LogP contribution in [-0.4, -0.2) is 9.13 Å². The van der Waals surface area contributed by atoms with Gasteiger partial charge in [-0.2, -0.15) is 5.26 Å². The lowest BCUT2D eigenvalue weighted by molar-refractivity contribution is 0.589. The monoisotopic (exact) mass is 769 g/mol. The lowest BCUT2D eigenvalue weighted by Crippen LogP contribution is -2.12. The van der Waals surface area contributed by atoms with Crippen molar-refractivity contribution in [3.63, 3.8) is 0 Å². The van der Waals surface area contributed by atoms with Gasteiger partial charge in [-0.05, 0) is 105 Å². The van der Waals surface area contributed by atoms with E-state index in [4.69, 9.17) is 0 Å². The molecule has 0 bridgehead atoms. The Morgan fingerprint density at radius 2 is 0.776 bits per heavy atom. The zero-order valence-electron chi connectivity index (χ0n) is 35.9. The Labute approximate surface area is 341 Å². The highest BCUT2D eigenvalue weighted by molar-refractivity contribution is 6.12. The summed E-state index contributed by atoms with van der Waals surface area (Å²) in [5.41, 5.74) is 9.29. The molecular weight excluding hydrogens is 717 g/mol. The van der Waals surface area contributed by atoms with E-state index in [-0.39, 0.29) is 27.2 Å². The smallest absolute Gasteiger partial charge is 0.134 e. The van der Waals surface area contributed by atoms with Gasteiger partial charge in [0, 0.05) is 27.1 Å². The van der Waals surface area contributed by atoms with E-state index in [0.717, 1.165) is 54.7 Å². The Morgan fingerprint density at radius 3 is 1.14 bits per heavy atom. The van der Waals surface area contributed by atoms with Gasteiger partial charge in [0.2, 0.25) is 0 Å². The van der Waals surface area contributed by atoms with Crippen molar-refractivity contribution < 1.29 is 8.78 Å². The number of aromatic nitrogens is 2. The molecule has 8 aromatic rings. The van der Waals surface area contributed by atoms with Gasteiger partial charge in [-0.25, -0.2) is 8.78 Å². The van der Waals surface area contributed by atoms with Crippen LogP contribution >= 0.6 is 0 Å². The molecule has 294 valence electrons. The lowest BCUT2D eigenvalue weighted by Gasteiger charge is -2.23. The van der Waals surface area contributed by atoms with Gasteiger partial charge in [-0.3, -0.25) is 0 Å². The zero-order valence-corrected chi connectivity index (χ0v) is 35.9. The molecule has 0 unspecified atom stereocenters. The van der Waals surface area contributed by atoms with Crippen molar-refractivity contribution in [2.24, 2.45) is 0 Å². The van der Waals surface area contributed by atoms with Crippen molar-refractivity contribution in [2.75, 3.05) is 0 Å². The van der Waals surface area contributed by atoms with Gasteiger partial charge in [0.1, 0.15) is 11.6 Å². The van der Waals surface area contributed by atoms with Crippen LogP contribution in [0.2, 0.25) is 0 Å². The minimum atomic E-state index is -0.676. The Morgan fingerprint density at radius 1 is 0.414 bits per heavy atom. The van der Waals surface area contributed by atoms with E-state index >= 15 is 8.78 Å². The average Bonchev–Trinajstić information content (AvgIpc) is 3.64. The summed E-state index contributed by atoms with van der Waals surface area (Å²) >= 11 is 0. The van der Waals surface area contributed by atoms with Crippen molar-refractivity contribution in [1.29, 1.82) is 5.26 Å². The quantitative estimate of drug-likeness (QED) is 0.176. The molecule has 0 spiro atoms. The first-order chi connectivity index (χ1) is 27.1. The first-order valence-electron chi connectivity index (χ1n) is 20.3. The van der Waals surface area contributed by atoms with Gasteiger partial charge in [-0.15, -0.1) is 0 Å². The fourth-order valence-corrected chi connectivity index (χ4v) is 8.45. The number of nitriles is 1. The van der Waals surface area contributed by atoms with Crippen LogP contribution in [-0.2, 0) is 21.7 Å². The van der Waals surface area contributed by atoms with Crippen molar-refractivity contribution in [2.45, 2.75) is 105 Å². The molecule has 2 aromatic heterocycles. The van der Waals surface area contributed by atoms with Crippen molar-refractivity contribution in [3.05, 3.63) is 143 Å². The van der Waals surface area contributed by atoms with Crippen LogP contribution < -0.4 is 0 Å². The van der Waals surface area contributed by atoms with Crippen LogP contribution in [0.5, 0.6) is 0 Å². The third kappa shape index (κ3) is 6.38. The van der Waals surface area contributed by atoms with Crippen LogP contribution in [0, 0.1) is 23.0 Å². The normalized spacial score (nSPS) is 13.0. The molecular formula is C53H53F2N3. The minimum absolute atomic E-state index is 0.112. The van der Waals surface area contributed by atoms with Crippen LogP contribution in [0.1, 0.15) is 111 Å². The number of rotatable bonds is 3. The van der Waals surface area contributed by atoms with Crippen LogP contribution in [0.15, 0.2) is 103 Å². The lowest BCUT2D eigenvalue weighted by atomic mass is 9.85. The summed E-state index contributed by atoms with van der Waals surface area (Å²) in [6.45, 7) is 26.3. The highest BCUT2D eigenvalue weighted by atomic mass is 19.1. The number of halogens is 2. The molecule has 58 heavy (non-hydrogen) atoms. The topological polar surface area (TPSA) is 33.6 Å². The first kappa shape index (κ1) is 39.1. The molecule has 5 heteroatoms. The number of hydrogen-bond donors (Lipinski definition) is 0. The third-order valence-electron chi connectivity index (χ3n) is 11.9. The van der Waals surface area contributed by atoms with Crippen LogP contribution in [0.25, 0.3) is 66.1 Å². The molecule has 6 aromatic carbocycles. The molecule has 0 saturated carbocycles. The predicted molar refractivity (Wildman–Crippen MR) is 240 cm³/mol. The average molecular weight is 770 g/mol. The summed E-state index contributed by atoms with van der Waals surface area (Å²) in [4.78, 5) is 0. The standard InChI is InChI=1S/C53H53F2N3/c1-50(2,3)32-18-22-42-38(26-32)36-20-16-34(52(7,8)9)28-44(36)57(42)46-24-31(30-56)25-47(49(46)48-40(54)14-13-15-41(48)55)58-43-23-19-33(51(4,5)6)27-39(43)37-21-17-35(29-45(37)58)53(10,11)12/h13-29H,1-12H3. The fourth-order valence-electron chi connectivity index (χ4n) is 8.45. The van der Waals surface area contributed by atoms with E-state index in [9.17, 15) is 5.26 Å². The van der Waals surface area contributed by atoms with Crippen LogP contribution in [0.4, 0.5) is 8.78 Å². The molecule has 0 aliphatic heterocycles. The Hall–Kier alpha value is -5.73. The summed E-state index contributed by atoms with van der Waals surface area (Å²) < 4.78 is 37.7. The maximum absolute atomic E-state index is 16.7. The molecule has 0 fully saturated rings. The molecule has 0 amide bonds. The Bertz CT molecular complexity index is 2820. The van der Waals surface area contributed by atoms with Crippen molar-refractivity contribution >= 4 is 43.6 Å². The highest BCUT2D eigenvalue weighted by Gasteiger charge is 2.29. The van der Waals surface area contributed by atoms with Gasteiger partial charge in [-0.1, -0.05) is 126 Å². The molecule has 0 radical (unpaired) electrons. The maximum atomic E-state index is 16.7. The largest absolute Gasteiger partial charge is 0.308 e. The van der Waals surface area contributed by atoms with E-state index in [0.29, 0.717) is 22.5 Å². The van der Waals surface area contributed by atoms with E-state index in [1.165, 1.54) is 29.3 Å². The summed E-state index contributed by atoms with van der Waals surface area (Å²) in [5.74, 6) is -1.35. The van der Waals surface area contributed by atoms with Gasteiger partial charge in [0.25, 0.3) is 0 Å². The number of nitrogens with zero attached hydrogens (tertiary/aromatic N) is 3. The molecule has 3 nitrogen and oxygen atoms in total. The van der Waals surface area contributed by atoms with Crippen molar-refractivity contribution in [3.8, 4) is 28.6 Å². The SMILES string of the molecule is CC(C)(C)c1ccc2c(c1)c1ccc(C(C)(C)C)cc1n2-c1cc(C#N)cc(-n2c3ccc(C(C)(C)C)cc3c3ccc(C(C)(C)C)cc32)c1-c1c(F)cccc1F. The number of benzene rings is 6. The number of fused-ring (bicyclic) bond motifs is 6. The van der Waals surface area contributed by atoms with E-state index < -0.39 is 11.6 Å². The molecule has 8 rings (SSSR count). The maximum Gasteiger partial charge on any atom is 0.134 e. The second-order valence-corrected chi connectivity index (χ2v) is 20.2. The summed E-state index contributed by atoms with van der Waals surface area (Å²) in [6, 6.07) is 36.3. The minimum Gasteiger partial charge on any atom is -0.308 e. The predicted octanol–water partition coefficient (Wildman–Crippen LogP) is 14.9. The van der Waals surface area contributed by atoms with E-state index in [1.54, 1.807) is 12.1 Å². The second-order valence-electron chi connectivity index (χ2n) is 20.2. The number of hydrogen-bond acceptors (Lipinski definition) is 1. The van der Waals surface area contributed by atoms with E-state index in [1.807, 2.05) is 0 Å². The highest BCUT2D eigenvalue weighted by Crippen LogP contribution is 2.46. The third-order valence-corrected chi connectivity index (χ3v) is 11.9. The first-order valence-corrected chi connectivity index (χ1v) is 20.3. The summed E-state index contributed by atoms with van der Waals surface area (Å²) in [7, 11) is 0. The van der Waals surface area contributed by atoms with Gasteiger partial charge >= 0.3 is 0 Å².